The summed E-state index contributed by atoms with van der Waals surface area (Å²) in [6.45, 7) is 2.55. The van der Waals surface area contributed by atoms with Crippen molar-refractivity contribution >= 4 is 27.3 Å². The van der Waals surface area contributed by atoms with Gasteiger partial charge in [-0.25, -0.2) is 13.1 Å². The van der Waals surface area contributed by atoms with Crippen LogP contribution in [0.5, 0.6) is 0 Å². The largest absolute Gasteiger partial charge is 0.380 e. The van der Waals surface area contributed by atoms with E-state index in [0.29, 0.717) is 23.2 Å². The van der Waals surface area contributed by atoms with Crippen molar-refractivity contribution in [3.8, 4) is 0 Å². The van der Waals surface area contributed by atoms with Crippen molar-refractivity contribution in [1.29, 1.82) is 0 Å². The number of hydrogen-bond donors (Lipinski definition) is 2. The zero-order valence-corrected chi connectivity index (χ0v) is 20.6. The van der Waals surface area contributed by atoms with E-state index in [1.807, 2.05) is 44.4 Å². The van der Waals surface area contributed by atoms with Crippen LogP contribution in [0.15, 0.2) is 53.6 Å². The molecule has 0 saturated heterocycles. The van der Waals surface area contributed by atoms with Gasteiger partial charge < -0.3 is 10.1 Å². The highest BCUT2D eigenvalue weighted by Crippen LogP contribution is 2.41. The number of rotatable bonds is 10. The van der Waals surface area contributed by atoms with Crippen LogP contribution in [-0.4, -0.2) is 31.9 Å². The van der Waals surface area contributed by atoms with Crippen LogP contribution in [0.2, 0.25) is 5.02 Å². The number of ether oxygens (including phenoxy) is 1. The normalized spacial score (nSPS) is 14.9. The molecule has 1 saturated carbocycles. The number of para-hydroxylation sites is 1. The van der Waals surface area contributed by atoms with Gasteiger partial charge in [0.1, 0.15) is 4.90 Å². The molecule has 0 bridgehead atoms. The molecule has 4 rings (SSSR count). The van der Waals surface area contributed by atoms with Gasteiger partial charge in [-0.3, -0.25) is 4.68 Å². The van der Waals surface area contributed by atoms with Gasteiger partial charge in [0.2, 0.25) is 10.0 Å². The summed E-state index contributed by atoms with van der Waals surface area (Å²) in [5.41, 5.74) is 4.49. The molecule has 9 heteroatoms. The topological polar surface area (TPSA) is 85.2 Å². The van der Waals surface area contributed by atoms with Crippen molar-refractivity contribution in [2.45, 2.75) is 43.2 Å². The fraction of sp³-hybridized carbons (Fsp3) is 0.375. The Labute approximate surface area is 200 Å². The average molecular weight is 489 g/mol. The number of methoxy groups -OCH3 is 1. The van der Waals surface area contributed by atoms with Gasteiger partial charge in [-0.15, -0.1) is 0 Å². The molecule has 3 aromatic rings. The maximum absolute atomic E-state index is 13.3. The van der Waals surface area contributed by atoms with Gasteiger partial charge in [-0.05, 0) is 48.9 Å². The highest BCUT2D eigenvalue weighted by atomic mass is 35.5. The highest BCUT2D eigenvalue weighted by molar-refractivity contribution is 7.89. The SMILES string of the molecule is COC(CNc1c(Cl)cccc1S(=O)(=O)NCc1c(C2CC2)cnn1C)c1cccc(C)c1. The molecule has 0 radical (unpaired) electrons. The number of hydrogen-bond acceptors (Lipinski definition) is 5. The molecule has 1 fully saturated rings. The predicted octanol–water partition coefficient (Wildman–Crippen LogP) is 4.54. The number of nitrogens with zero attached hydrogens (tertiary/aromatic N) is 2. The lowest BCUT2D eigenvalue weighted by molar-refractivity contribution is 0.114. The number of sulfonamides is 1. The fourth-order valence-corrected chi connectivity index (χ4v) is 5.46. The standard InChI is InChI=1S/C24H29ClN4O3S/c1-16-6-4-7-18(12-16)22(32-3)15-26-24-20(25)8-5-9-23(24)33(30,31)28-14-21-19(17-10-11-17)13-27-29(21)2/h4-9,12-13,17,22,26,28H,10-11,14-15H2,1-3H3. The molecular formula is C24H29ClN4O3S. The Bertz CT molecular complexity index is 1240. The Morgan fingerprint density at radius 1 is 1.24 bits per heavy atom. The molecule has 0 spiro atoms. The quantitative estimate of drug-likeness (QED) is 0.437. The monoisotopic (exact) mass is 488 g/mol. The maximum atomic E-state index is 13.3. The lowest BCUT2D eigenvalue weighted by Crippen LogP contribution is -2.26. The number of aromatic nitrogens is 2. The van der Waals surface area contributed by atoms with Crippen molar-refractivity contribution < 1.29 is 13.2 Å². The van der Waals surface area contributed by atoms with Gasteiger partial charge in [-0.2, -0.15) is 5.10 Å². The third-order valence-corrected chi connectivity index (χ3v) is 7.73. The summed E-state index contributed by atoms with van der Waals surface area (Å²) in [5.74, 6) is 0.481. The van der Waals surface area contributed by atoms with E-state index in [0.717, 1.165) is 35.2 Å². The summed E-state index contributed by atoms with van der Waals surface area (Å²) >= 11 is 6.42. The molecule has 1 aliphatic carbocycles. The van der Waals surface area contributed by atoms with E-state index in [2.05, 4.69) is 15.1 Å². The van der Waals surface area contributed by atoms with Crippen molar-refractivity contribution in [2.75, 3.05) is 19.0 Å². The summed E-state index contributed by atoms with van der Waals surface area (Å²) < 4.78 is 36.6. The molecule has 1 aliphatic rings. The van der Waals surface area contributed by atoms with Gasteiger partial charge >= 0.3 is 0 Å². The maximum Gasteiger partial charge on any atom is 0.243 e. The summed E-state index contributed by atoms with van der Waals surface area (Å²) in [6.07, 6.45) is 3.81. The van der Waals surface area contributed by atoms with E-state index in [1.165, 1.54) is 0 Å². The summed E-state index contributed by atoms with van der Waals surface area (Å²) in [7, 11) is -0.371. The second-order valence-corrected chi connectivity index (χ2v) is 10.5. The van der Waals surface area contributed by atoms with E-state index in [9.17, 15) is 8.42 Å². The minimum Gasteiger partial charge on any atom is -0.380 e. The van der Waals surface area contributed by atoms with E-state index >= 15 is 0 Å². The molecule has 0 amide bonds. The molecule has 1 aromatic heterocycles. The van der Waals surface area contributed by atoms with Gasteiger partial charge in [0, 0.05) is 20.7 Å². The molecule has 2 N–H and O–H groups in total. The van der Waals surface area contributed by atoms with Crippen LogP contribution in [0.25, 0.3) is 0 Å². The lowest BCUT2D eigenvalue weighted by atomic mass is 10.1. The average Bonchev–Trinajstić information content (AvgIpc) is 3.56. The first-order valence-corrected chi connectivity index (χ1v) is 12.8. The van der Waals surface area contributed by atoms with Crippen LogP contribution in [0.4, 0.5) is 5.69 Å². The number of nitrogens with one attached hydrogen (secondary N) is 2. The summed E-state index contributed by atoms with van der Waals surface area (Å²) in [4.78, 5) is 0.101. The zero-order valence-electron chi connectivity index (χ0n) is 19.0. The van der Waals surface area contributed by atoms with Crippen molar-refractivity contribution in [3.63, 3.8) is 0 Å². The Kier molecular flexibility index (Phi) is 7.09. The van der Waals surface area contributed by atoms with Crippen LogP contribution in [-0.2, 0) is 28.4 Å². The van der Waals surface area contributed by atoms with E-state index < -0.39 is 10.0 Å². The van der Waals surface area contributed by atoms with E-state index in [4.69, 9.17) is 16.3 Å². The van der Waals surface area contributed by atoms with Crippen LogP contribution in [0.1, 0.15) is 47.2 Å². The first-order chi connectivity index (χ1) is 15.8. The number of anilines is 1. The summed E-state index contributed by atoms with van der Waals surface area (Å²) in [5, 5.41) is 7.85. The molecule has 33 heavy (non-hydrogen) atoms. The van der Waals surface area contributed by atoms with Crippen LogP contribution in [0, 0.1) is 6.92 Å². The van der Waals surface area contributed by atoms with Crippen LogP contribution in [0.3, 0.4) is 0 Å². The lowest BCUT2D eigenvalue weighted by Gasteiger charge is -2.20. The predicted molar refractivity (Wildman–Crippen MR) is 130 cm³/mol. The fourth-order valence-electron chi connectivity index (χ4n) is 3.98. The molecule has 2 aromatic carbocycles. The number of aryl methyl sites for hydroxylation is 2. The molecule has 7 nitrogen and oxygen atoms in total. The number of benzene rings is 2. The van der Waals surface area contributed by atoms with E-state index in [1.54, 1.807) is 30.0 Å². The van der Waals surface area contributed by atoms with Gasteiger partial charge in [0.25, 0.3) is 0 Å². The van der Waals surface area contributed by atoms with Crippen molar-refractivity contribution in [2.24, 2.45) is 7.05 Å². The molecule has 0 aliphatic heterocycles. The molecule has 1 atom stereocenters. The molecule has 1 heterocycles. The van der Waals surface area contributed by atoms with Crippen LogP contribution < -0.4 is 10.0 Å². The minimum absolute atomic E-state index is 0.101. The molecule has 176 valence electrons. The summed E-state index contributed by atoms with van der Waals surface area (Å²) in [6, 6.07) is 12.9. The minimum atomic E-state index is -3.83. The molecular weight excluding hydrogens is 460 g/mol. The third kappa shape index (κ3) is 5.41. The first-order valence-electron chi connectivity index (χ1n) is 10.9. The smallest absolute Gasteiger partial charge is 0.243 e. The van der Waals surface area contributed by atoms with Crippen LogP contribution >= 0.6 is 11.6 Å². The first kappa shape index (κ1) is 23.8. The number of halogens is 1. The van der Waals surface area contributed by atoms with Gasteiger partial charge in [-0.1, -0.05) is 47.5 Å². The van der Waals surface area contributed by atoms with E-state index in [-0.39, 0.29) is 17.5 Å². The Morgan fingerprint density at radius 3 is 2.70 bits per heavy atom. The van der Waals surface area contributed by atoms with Gasteiger partial charge in [0.15, 0.2) is 0 Å². The third-order valence-electron chi connectivity index (χ3n) is 5.97. The van der Waals surface area contributed by atoms with Crippen molar-refractivity contribution in [3.05, 3.63) is 76.1 Å². The Hall–Kier alpha value is -2.39. The Morgan fingerprint density at radius 2 is 2.00 bits per heavy atom. The second-order valence-electron chi connectivity index (χ2n) is 8.40. The van der Waals surface area contributed by atoms with Crippen molar-refractivity contribution in [1.82, 2.24) is 14.5 Å². The van der Waals surface area contributed by atoms with Gasteiger partial charge in [0.05, 0.1) is 35.2 Å². The Balaban J connectivity index is 1.53. The molecule has 1 unspecified atom stereocenters. The zero-order chi connectivity index (χ0) is 23.6. The highest BCUT2D eigenvalue weighted by Gasteiger charge is 2.29. The second kappa shape index (κ2) is 9.85.